The molecule has 0 amide bonds. The maximum absolute atomic E-state index is 6.17. The van der Waals surface area contributed by atoms with Crippen LogP contribution in [0.1, 0.15) is 24.5 Å². The Labute approximate surface area is 106 Å². The van der Waals surface area contributed by atoms with E-state index in [1.807, 2.05) is 18.2 Å². The van der Waals surface area contributed by atoms with Gasteiger partial charge in [0.05, 0.1) is 6.10 Å². The summed E-state index contributed by atoms with van der Waals surface area (Å²) in [6.45, 7) is 1.96. The lowest BCUT2D eigenvalue weighted by molar-refractivity contribution is 0.0166. The largest absolute Gasteiger partial charge is 0.486 e. The van der Waals surface area contributed by atoms with Gasteiger partial charge in [-0.2, -0.15) is 0 Å². The second-order valence-electron chi connectivity index (χ2n) is 4.38. The van der Waals surface area contributed by atoms with E-state index in [9.17, 15) is 0 Å². The molecular formula is C13H15ClO3. The molecule has 2 aliphatic heterocycles. The van der Waals surface area contributed by atoms with Crippen molar-refractivity contribution in [3.8, 4) is 11.5 Å². The highest BCUT2D eigenvalue weighted by Gasteiger charge is 2.24. The summed E-state index contributed by atoms with van der Waals surface area (Å²) in [5.41, 5.74) is 1.12. The van der Waals surface area contributed by atoms with E-state index in [0.29, 0.717) is 13.2 Å². The maximum Gasteiger partial charge on any atom is 0.161 e. The van der Waals surface area contributed by atoms with Crippen molar-refractivity contribution < 1.29 is 14.2 Å². The lowest BCUT2D eigenvalue weighted by Gasteiger charge is -2.27. The van der Waals surface area contributed by atoms with E-state index in [4.69, 9.17) is 25.8 Å². The van der Waals surface area contributed by atoms with Gasteiger partial charge in [0.25, 0.3) is 0 Å². The first kappa shape index (κ1) is 11.2. The van der Waals surface area contributed by atoms with Crippen molar-refractivity contribution in [2.24, 2.45) is 0 Å². The van der Waals surface area contributed by atoms with Crippen molar-refractivity contribution in [1.82, 2.24) is 0 Å². The Morgan fingerprint density at radius 1 is 1.06 bits per heavy atom. The van der Waals surface area contributed by atoms with E-state index >= 15 is 0 Å². The zero-order valence-corrected chi connectivity index (χ0v) is 10.3. The lowest BCUT2D eigenvalue weighted by atomic mass is 10.0. The summed E-state index contributed by atoms with van der Waals surface area (Å²) >= 11 is 6.17. The second kappa shape index (κ2) is 4.75. The Morgan fingerprint density at radius 2 is 1.88 bits per heavy atom. The SMILES string of the molecule is ClC1CCOC(c2ccc3c(c2)OCCO3)C1. The molecule has 92 valence electrons. The molecule has 3 rings (SSSR count). The van der Waals surface area contributed by atoms with E-state index in [2.05, 4.69) is 0 Å². The van der Waals surface area contributed by atoms with Crippen molar-refractivity contribution in [3.05, 3.63) is 23.8 Å². The van der Waals surface area contributed by atoms with E-state index in [1.165, 1.54) is 0 Å². The van der Waals surface area contributed by atoms with Gasteiger partial charge in [0.2, 0.25) is 0 Å². The van der Waals surface area contributed by atoms with Crippen LogP contribution in [0.3, 0.4) is 0 Å². The van der Waals surface area contributed by atoms with Gasteiger partial charge in [-0.15, -0.1) is 11.6 Å². The van der Waals surface area contributed by atoms with Crippen LogP contribution in [0.4, 0.5) is 0 Å². The van der Waals surface area contributed by atoms with Gasteiger partial charge in [0.1, 0.15) is 13.2 Å². The maximum atomic E-state index is 6.17. The number of hydrogen-bond acceptors (Lipinski definition) is 3. The molecule has 0 spiro atoms. The number of halogens is 1. The fourth-order valence-electron chi connectivity index (χ4n) is 2.25. The van der Waals surface area contributed by atoms with Crippen LogP contribution in [0.15, 0.2) is 18.2 Å². The normalized spacial score (nSPS) is 27.8. The molecule has 2 unspecified atom stereocenters. The first-order valence-corrected chi connectivity index (χ1v) is 6.42. The van der Waals surface area contributed by atoms with Crippen LogP contribution >= 0.6 is 11.6 Å². The summed E-state index contributed by atoms with van der Waals surface area (Å²) in [7, 11) is 0. The summed E-state index contributed by atoms with van der Waals surface area (Å²) in [6.07, 6.45) is 1.88. The molecular weight excluding hydrogens is 240 g/mol. The van der Waals surface area contributed by atoms with Crippen molar-refractivity contribution in [2.45, 2.75) is 24.3 Å². The predicted octanol–water partition coefficient (Wildman–Crippen LogP) is 2.92. The molecule has 2 atom stereocenters. The van der Waals surface area contributed by atoms with Gasteiger partial charge in [-0.05, 0) is 30.5 Å². The number of benzene rings is 1. The van der Waals surface area contributed by atoms with Crippen LogP contribution in [0.2, 0.25) is 0 Å². The van der Waals surface area contributed by atoms with Gasteiger partial charge in [-0.3, -0.25) is 0 Å². The number of alkyl halides is 1. The fraction of sp³-hybridized carbons (Fsp3) is 0.538. The topological polar surface area (TPSA) is 27.7 Å². The van der Waals surface area contributed by atoms with Gasteiger partial charge in [0, 0.05) is 12.0 Å². The predicted molar refractivity (Wildman–Crippen MR) is 65.0 cm³/mol. The Hall–Kier alpha value is -0.930. The van der Waals surface area contributed by atoms with Crippen molar-refractivity contribution in [1.29, 1.82) is 0 Å². The van der Waals surface area contributed by atoms with Gasteiger partial charge in [-0.1, -0.05) is 6.07 Å². The first-order valence-electron chi connectivity index (χ1n) is 5.98. The number of hydrogen-bond donors (Lipinski definition) is 0. The Bertz CT molecular complexity index is 408. The van der Waals surface area contributed by atoms with E-state index in [-0.39, 0.29) is 11.5 Å². The fourth-order valence-corrected chi connectivity index (χ4v) is 2.50. The van der Waals surface area contributed by atoms with E-state index in [0.717, 1.165) is 36.5 Å². The standard InChI is InChI=1S/C13H15ClO3/c14-10-3-4-15-12(8-10)9-1-2-11-13(7-9)17-6-5-16-11/h1-2,7,10,12H,3-6,8H2. The van der Waals surface area contributed by atoms with Gasteiger partial charge in [0.15, 0.2) is 11.5 Å². The van der Waals surface area contributed by atoms with Crippen LogP contribution in [0.5, 0.6) is 11.5 Å². The van der Waals surface area contributed by atoms with Crippen LogP contribution in [-0.4, -0.2) is 25.2 Å². The van der Waals surface area contributed by atoms with Gasteiger partial charge >= 0.3 is 0 Å². The minimum atomic E-state index is 0.0853. The van der Waals surface area contributed by atoms with Crippen LogP contribution in [0.25, 0.3) is 0 Å². The van der Waals surface area contributed by atoms with Crippen LogP contribution in [-0.2, 0) is 4.74 Å². The molecule has 2 heterocycles. The third-order valence-corrected chi connectivity index (χ3v) is 3.55. The molecule has 1 fully saturated rings. The molecule has 0 radical (unpaired) electrons. The summed E-state index contributed by atoms with van der Waals surface area (Å²) in [6, 6.07) is 5.99. The molecule has 0 aromatic heterocycles. The second-order valence-corrected chi connectivity index (χ2v) is 5.00. The molecule has 0 saturated carbocycles. The van der Waals surface area contributed by atoms with Gasteiger partial charge < -0.3 is 14.2 Å². The average Bonchev–Trinajstić information content (AvgIpc) is 2.38. The molecule has 17 heavy (non-hydrogen) atoms. The van der Waals surface area contributed by atoms with Crippen LogP contribution in [0, 0.1) is 0 Å². The number of ether oxygens (including phenoxy) is 3. The third kappa shape index (κ3) is 2.35. The quantitative estimate of drug-likeness (QED) is 0.722. The highest BCUT2D eigenvalue weighted by molar-refractivity contribution is 6.20. The molecule has 1 saturated heterocycles. The van der Waals surface area contributed by atoms with E-state index < -0.39 is 0 Å². The minimum absolute atomic E-state index is 0.0853. The van der Waals surface area contributed by atoms with Gasteiger partial charge in [-0.25, -0.2) is 0 Å². The molecule has 1 aromatic carbocycles. The molecule has 1 aromatic rings. The Balaban J connectivity index is 1.83. The zero-order valence-electron chi connectivity index (χ0n) is 9.52. The number of rotatable bonds is 1. The summed E-state index contributed by atoms with van der Waals surface area (Å²) < 4.78 is 16.8. The van der Waals surface area contributed by atoms with Crippen molar-refractivity contribution in [3.63, 3.8) is 0 Å². The number of fused-ring (bicyclic) bond motifs is 1. The Kier molecular flexibility index (Phi) is 3.12. The van der Waals surface area contributed by atoms with Crippen molar-refractivity contribution >= 4 is 11.6 Å². The smallest absolute Gasteiger partial charge is 0.161 e. The summed E-state index contributed by atoms with van der Waals surface area (Å²) in [5.74, 6) is 1.63. The Morgan fingerprint density at radius 3 is 2.71 bits per heavy atom. The first-order chi connectivity index (χ1) is 8.33. The molecule has 0 N–H and O–H groups in total. The van der Waals surface area contributed by atoms with Crippen LogP contribution < -0.4 is 9.47 Å². The third-order valence-electron chi connectivity index (χ3n) is 3.16. The molecule has 2 aliphatic rings. The molecule has 3 nitrogen and oxygen atoms in total. The highest BCUT2D eigenvalue weighted by Crippen LogP contribution is 2.37. The van der Waals surface area contributed by atoms with E-state index in [1.54, 1.807) is 0 Å². The minimum Gasteiger partial charge on any atom is -0.486 e. The van der Waals surface area contributed by atoms with Crippen molar-refractivity contribution in [2.75, 3.05) is 19.8 Å². The average molecular weight is 255 g/mol. The molecule has 4 heteroatoms. The lowest BCUT2D eigenvalue weighted by Crippen LogP contribution is -2.20. The highest BCUT2D eigenvalue weighted by atomic mass is 35.5. The zero-order chi connectivity index (χ0) is 11.7. The summed E-state index contributed by atoms with van der Waals surface area (Å²) in [5, 5.41) is 0.210. The molecule has 0 bridgehead atoms. The monoisotopic (exact) mass is 254 g/mol. The molecule has 0 aliphatic carbocycles. The summed E-state index contributed by atoms with van der Waals surface area (Å²) in [4.78, 5) is 0.